The smallest absolute Gasteiger partial charge is 0.196 e. The molecule has 0 saturated heterocycles. The average molecular weight is 194 g/mol. The van der Waals surface area contributed by atoms with Gasteiger partial charge in [0, 0.05) is 18.0 Å². The molecular weight excluding hydrogens is 186 g/mol. The third kappa shape index (κ3) is 1.15. The lowest BCUT2D eigenvalue weighted by molar-refractivity contribution is 1.33. The first-order chi connectivity index (χ1) is 7.36. The lowest BCUT2D eigenvalue weighted by atomic mass is 10.0. The maximum Gasteiger partial charge on any atom is 0.196 e. The molecule has 1 radical (unpaired) electrons. The number of hydrogen-bond donors (Lipinski definition) is 1. The molecule has 0 bridgehead atoms. The molecule has 3 rings (SSSR count). The zero-order valence-corrected chi connectivity index (χ0v) is 7.95. The van der Waals surface area contributed by atoms with Gasteiger partial charge in [-0.3, -0.25) is 4.79 Å². The van der Waals surface area contributed by atoms with E-state index < -0.39 is 0 Å². The summed E-state index contributed by atoms with van der Waals surface area (Å²) in [7, 11) is 0. The highest BCUT2D eigenvalue weighted by atomic mass is 16.1. The topological polar surface area (TPSA) is 32.9 Å². The molecule has 2 nitrogen and oxygen atoms in total. The second-order valence-corrected chi connectivity index (χ2v) is 3.47. The molecule has 0 amide bonds. The standard InChI is InChI=1S/C13H8NO/c15-12-7-3-6-11-13(12)10-5-2-1-4-9(10)8-14-11/h1-6,8,14H. The van der Waals surface area contributed by atoms with E-state index in [4.69, 9.17) is 0 Å². The zero-order valence-electron chi connectivity index (χ0n) is 7.95. The van der Waals surface area contributed by atoms with Crippen molar-refractivity contribution in [1.82, 2.24) is 4.98 Å². The van der Waals surface area contributed by atoms with E-state index in [0.29, 0.717) is 0 Å². The number of aromatic nitrogens is 1. The van der Waals surface area contributed by atoms with Crippen molar-refractivity contribution in [2.75, 3.05) is 0 Å². The third-order valence-corrected chi connectivity index (χ3v) is 2.57. The van der Waals surface area contributed by atoms with Crippen molar-refractivity contribution in [3.05, 3.63) is 58.9 Å². The normalized spacial score (nSPS) is 10.9. The van der Waals surface area contributed by atoms with E-state index in [1.165, 1.54) is 0 Å². The Bertz CT molecular complexity index is 654. The minimum absolute atomic E-state index is 0.0550. The molecule has 2 aliphatic rings. The summed E-state index contributed by atoms with van der Waals surface area (Å²) in [6, 6.07) is 14.0. The fourth-order valence-electron chi connectivity index (χ4n) is 1.87. The van der Waals surface area contributed by atoms with Gasteiger partial charge in [0.15, 0.2) is 5.43 Å². The fourth-order valence-corrected chi connectivity index (χ4v) is 1.87. The molecule has 1 heterocycles. The Morgan fingerprint density at radius 3 is 2.93 bits per heavy atom. The van der Waals surface area contributed by atoms with Crippen molar-refractivity contribution in [3.8, 4) is 11.3 Å². The van der Waals surface area contributed by atoms with Crippen LogP contribution in [0.4, 0.5) is 0 Å². The molecule has 1 N–H and O–H groups in total. The van der Waals surface area contributed by atoms with Crippen molar-refractivity contribution >= 4 is 10.8 Å². The summed E-state index contributed by atoms with van der Waals surface area (Å²) in [6.45, 7) is 0. The van der Waals surface area contributed by atoms with Crippen LogP contribution in [0.25, 0.3) is 22.0 Å². The van der Waals surface area contributed by atoms with Crippen LogP contribution in [0.2, 0.25) is 0 Å². The molecule has 0 spiro atoms. The van der Waals surface area contributed by atoms with Crippen molar-refractivity contribution in [2.24, 2.45) is 0 Å². The van der Waals surface area contributed by atoms with Crippen LogP contribution in [0.15, 0.2) is 47.4 Å². The molecule has 0 aromatic heterocycles. The predicted molar refractivity (Wildman–Crippen MR) is 60.0 cm³/mol. The van der Waals surface area contributed by atoms with Gasteiger partial charge in [0.1, 0.15) is 0 Å². The predicted octanol–water partition coefficient (Wildman–Crippen LogP) is 2.43. The SMILES string of the molecule is O=c1[c]ccc2[nH]cc3ccccc3c1-2. The molecule has 0 atom stereocenters. The van der Waals surface area contributed by atoms with Gasteiger partial charge in [-0.15, -0.1) is 0 Å². The van der Waals surface area contributed by atoms with E-state index in [1.54, 1.807) is 6.07 Å². The Morgan fingerprint density at radius 1 is 1.13 bits per heavy atom. The van der Waals surface area contributed by atoms with Gasteiger partial charge in [-0.25, -0.2) is 0 Å². The highest BCUT2D eigenvalue weighted by Gasteiger charge is 2.09. The number of nitrogens with one attached hydrogen (secondary N) is 1. The first kappa shape index (κ1) is 8.24. The Morgan fingerprint density at radius 2 is 2.00 bits per heavy atom. The van der Waals surface area contributed by atoms with Gasteiger partial charge in [-0.1, -0.05) is 24.3 Å². The van der Waals surface area contributed by atoms with Gasteiger partial charge in [-0.05, 0) is 22.9 Å². The van der Waals surface area contributed by atoms with Crippen LogP contribution in [0.5, 0.6) is 0 Å². The van der Waals surface area contributed by atoms with Crippen LogP contribution < -0.4 is 5.43 Å². The number of aromatic amines is 1. The number of H-pyrrole nitrogens is 1. The van der Waals surface area contributed by atoms with Crippen LogP contribution in [-0.2, 0) is 0 Å². The maximum atomic E-state index is 11.7. The van der Waals surface area contributed by atoms with Crippen molar-refractivity contribution < 1.29 is 0 Å². The van der Waals surface area contributed by atoms with Crippen LogP contribution in [0.3, 0.4) is 0 Å². The Hall–Kier alpha value is -2.09. The molecule has 1 aliphatic heterocycles. The number of benzene rings is 2. The summed E-state index contributed by atoms with van der Waals surface area (Å²) in [5, 5.41) is 2.02. The lowest BCUT2D eigenvalue weighted by Crippen LogP contribution is -2.05. The highest BCUT2D eigenvalue weighted by Crippen LogP contribution is 2.24. The Kier molecular flexibility index (Phi) is 1.62. The minimum atomic E-state index is -0.0550. The van der Waals surface area contributed by atoms with E-state index in [2.05, 4.69) is 11.1 Å². The van der Waals surface area contributed by atoms with Crippen molar-refractivity contribution in [3.63, 3.8) is 0 Å². The first-order valence-corrected chi connectivity index (χ1v) is 4.77. The number of pyridine rings is 1. The lowest BCUT2D eigenvalue weighted by Gasteiger charge is -2.07. The second kappa shape index (κ2) is 2.95. The summed E-state index contributed by atoms with van der Waals surface area (Å²) in [6.07, 6.45) is 1.91. The molecule has 2 heteroatoms. The molecule has 1 aromatic carbocycles. The largest absolute Gasteiger partial charge is 0.360 e. The average Bonchev–Trinajstić information content (AvgIpc) is 2.29. The number of fused-ring (bicyclic) bond motifs is 3. The summed E-state index contributed by atoms with van der Waals surface area (Å²) < 4.78 is 0. The Labute approximate surface area is 86.5 Å². The molecule has 71 valence electrons. The van der Waals surface area contributed by atoms with E-state index in [1.807, 2.05) is 36.5 Å². The summed E-state index contributed by atoms with van der Waals surface area (Å²) in [4.78, 5) is 14.8. The van der Waals surface area contributed by atoms with E-state index in [9.17, 15) is 4.79 Å². The van der Waals surface area contributed by atoms with Gasteiger partial charge >= 0.3 is 0 Å². The summed E-state index contributed by atoms with van der Waals surface area (Å²) in [5.74, 6) is 0. The third-order valence-electron chi connectivity index (χ3n) is 2.57. The monoisotopic (exact) mass is 194 g/mol. The zero-order chi connectivity index (χ0) is 10.3. The quantitative estimate of drug-likeness (QED) is 0.548. The van der Waals surface area contributed by atoms with Gasteiger partial charge in [0.25, 0.3) is 0 Å². The number of hydrogen-bond acceptors (Lipinski definition) is 1. The van der Waals surface area contributed by atoms with Crippen LogP contribution in [-0.4, -0.2) is 4.98 Å². The van der Waals surface area contributed by atoms with Crippen molar-refractivity contribution in [2.45, 2.75) is 0 Å². The Balaban J connectivity index is 2.63. The summed E-state index contributed by atoms with van der Waals surface area (Å²) in [5.41, 5.74) is 1.52. The fraction of sp³-hybridized carbons (Fsp3) is 0. The molecule has 1 aromatic rings. The molecular formula is C13H8NO. The van der Waals surface area contributed by atoms with Gasteiger partial charge in [0.05, 0.1) is 5.56 Å². The molecule has 0 unspecified atom stereocenters. The minimum Gasteiger partial charge on any atom is -0.360 e. The van der Waals surface area contributed by atoms with Gasteiger partial charge in [0.2, 0.25) is 0 Å². The van der Waals surface area contributed by atoms with Gasteiger partial charge in [-0.2, -0.15) is 0 Å². The number of rotatable bonds is 0. The maximum absolute atomic E-state index is 11.7. The van der Waals surface area contributed by atoms with Crippen LogP contribution in [0, 0.1) is 6.07 Å². The molecule has 0 saturated carbocycles. The molecule has 15 heavy (non-hydrogen) atoms. The van der Waals surface area contributed by atoms with Crippen molar-refractivity contribution in [1.29, 1.82) is 0 Å². The van der Waals surface area contributed by atoms with Crippen LogP contribution >= 0.6 is 0 Å². The highest BCUT2D eigenvalue weighted by molar-refractivity contribution is 5.95. The van der Waals surface area contributed by atoms with E-state index in [-0.39, 0.29) is 5.43 Å². The van der Waals surface area contributed by atoms with Crippen LogP contribution in [0.1, 0.15) is 0 Å². The molecule has 1 aliphatic carbocycles. The van der Waals surface area contributed by atoms with Gasteiger partial charge < -0.3 is 4.98 Å². The summed E-state index contributed by atoms with van der Waals surface area (Å²) >= 11 is 0. The second-order valence-electron chi connectivity index (χ2n) is 3.47. The van der Waals surface area contributed by atoms with E-state index in [0.717, 1.165) is 22.0 Å². The first-order valence-electron chi connectivity index (χ1n) is 4.77. The van der Waals surface area contributed by atoms with E-state index >= 15 is 0 Å². The molecule has 0 fully saturated rings.